The number of benzene rings is 1. The lowest BCUT2D eigenvalue weighted by Gasteiger charge is -2.30. The molecule has 1 aromatic carbocycles. The van der Waals surface area contributed by atoms with Crippen LogP contribution in [-0.2, 0) is 4.74 Å². The number of halogens is 1. The summed E-state index contributed by atoms with van der Waals surface area (Å²) in [6.45, 7) is 2.48. The van der Waals surface area contributed by atoms with Gasteiger partial charge in [-0.15, -0.1) is 0 Å². The van der Waals surface area contributed by atoms with Crippen molar-refractivity contribution in [3.05, 3.63) is 29.6 Å². The van der Waals surface area contributed by atoms with E-state index < -0.39 is 5.82 Å². The third-order valence-electron chi connectivity index (χ3n) is 4.00. The Morgan fingerprint density at radius 1 is 1.33 bits per heavy atom. The number of ketones is 1. The molecule has 4 nitrogen and oxygen atoms in total. The van der Waals surface area contributed by atoms with Crippen LogP contribution in [0.3, 0.4) is 0 Å². The Balaban J connectivity index is 1.91. The number of Topliss-reactive ketones (excluding diaryl/α,β-unsaturated/α-hetero) is 1. The van der Waals surface area contributed by atoms with Gasteiger partial charge in [0, 0.05) is 33.2 Å². The molecule has 0 radical (unpaired) electrons. The van der Waals surface area contributed by atoms with E-state index in [9.17, 15) is 9.18 Å². The van der Waals surface area contributed by atoms with E-state index in [4.69, 9.17) is 9.47 Å². The molecule has 1 aliphatic heterocycles. The van der Waals surface area contributed by atoms with Gasteiger partial charge in [0.2, 0.25) is 0 Å². The molecule has 0 amide bonds. The van der Waals surface area contributed by atoms with Gasteiger partial charge in [0.15, 0.2) is 5.78 Å². The van der Waals surface area contributed by atoms with Crippen molar-refractivity contribution < 1.29 is 18.7 Å². The summed E-state index contributed by atoms with van der Waals surface area (Å²) in [7, 11) is 3.18. The van der Waals surface area contributed by atoms with Crippen LogP contribution in [0.4, 0.5) is 4.39 Å². The molecule has 21 heavy (non-hydrogen) atoms. The standard InChI is InChI=1S/C16H22FNO3/c1-20-12-6-9-18(10-7-12)11-8-14(19)16-13(17)4-3-5-15(16)21-2/h3-5,12H,6-11H2,1-2H3. The summed E-state index contributed by atoms with van der Waals surface area (Å²) in [6.07, 6.45) is 2.58. The van der Waals surface area contributed by atoms with Crippen LogP contribution in [0, 0.1) is 5.82 Å². The Kier molecular flexibility index (Phi) is 5.70. The van der Waals surface area contributed by atoms with Crippen molar-refractivity contribution >= 4 is 5.78 Å². The smallest absolute Gasteiger partial charge is 0.170 e. The van der Waals surface area contributed by atoms with Crippen LogP contribution >= 0.6 is 0 Å². The van der Waals surface area contributed by atoms with E-state index in [1.54, 1.807) is 19.2 Å². The lowest BCUT2D eigenvalue weighted by Crippen LogP contribution is -2.37. The number of ether oxygens (including phenoxy) is 2. The highest BCUT2D eigenvalue weighted by Gasteiger charge is 2.21. The van der Waals surface area contributed by atoms with E-state index in [2.05, 4.69) is 4.90 Å². The molecular formula is C16H22FNO3. The summed E-state index contributed by atoms with van der Waals surface area (Å²) in [6, 6.07) is 4.45. The van der Waals surface area contributed by atoms with Crippen molar-refractivity contribution in [3.8, 4) is 5.75 Å². The quantitative estimate of drug-likeness (QED) is 0.756. The number of piperidine rings is 1. The van der Waals surface area contributed by atoms with Gasteiger partial charge >= 0.3 is 0 Å². The monoisotopic (exact) mass is 295 g/mol. The van der Waals surface area contributed by atoms with Crippen molar-refractivity contribution in [2.75, 3.05) is 33.9 Å². The molecule has 5 heteroatoms. The number of carbonyl (C=O) groups excluding carboxylic acids is 1. The van der Waals surface area contributed by atoms with E-state index in [-0.39, 0.29) is 11.3 Å². The molecule has 0 N–H and O–H groups in total. The Morgan fingerprint density at radius 2 is 2.05 bits per heavy atom. The Hall–Kier alpha value is -1.46. The highest BCUT2D eigenvalue weighted by atomic mass is 19.1. The molecule has 0 unspecified atom stereocenters. The largest absolute Gasteiger partial charge is 0.496 e. The number of rotatable bonds is 6. The van der Waals surface area contributed by atoms with Gasteiger partial charge in [0.05, 0.1) is 18.8 Å². The molecule has 0 atom stereocenters. The number of hydrogen-bond donors (Lipinski definition) is 0. The molecular weight excluding hydrogens is 273 g/mol. The van der Waals surface area contributed by atoms with Crippen LogP contribution in [0.15, 0.2) is 18.2 Å². The van der Waals surface area contributed by atoms with Gasteiger partial charge in [-0.1, -0.05) is 6.07 Å². The zero-order valence-corrected chi connectivity index (χ0v) is 12.6. The normalized spacial score (nSPS) is 16.9. The predicted molar refractivity (Wildman–Crippen MR) is 78.4 cm³/mol. The molecule has 1 aliphatic rings. The fraction of sp³-hybridized carbons (Fsp3) is 0.562. The molecule has 0 saturated carbocycles. The second kappa shape index (κ2) is 7.52. The van der Waals surface area contributed by atoms with Crippen molar-refractivity contribution in [2.24, 2.45) is 0 Å². The second-order valence-electron chi connectivity index (χ2n) is 5.27. The molecule has 116 valence electrons. The Bertz CT molecular complexity index is 484. The maximum absolute atomic E-state index is 13.8. The SMILES string of the molecule is COc1cccc(F)c1C(=O)CCN1CCC(OC)CC1. The topological polar surface area (TPSA) is 38.8 Å². The van der Waals surface area contributed by atoms with Crippen molar-refractivity contribution in [1.82, 2.24) is 4.90 Å². The fourth-order valence-corrected chi connectivity index (χ4v) is 2.70. The van der Waals surface area contributed by atoms with Crippen LogP contribution in [0.25, 0.3) is 0 Å². The van der Waals surface area contributed by atoms with E-state index >= 15 is 0 Å². The number of likely N-dealkylation sites (tertiary alicyclic amines) is 1. The summed E-state index contributed by atoms with van der Waals surface area (Å²) in [5.41, 5.74) is 0.0618. The average molecular weight is 295 g/mol. The van der Waals surface area contributed by atoms with Crippen molar-refractivity contribution in [2.45, 2.75) is 25.4 Å². The first-order chi connectivity index (χ1) is 10.2. The van der Waals surface area contributed by atoms with E-state index in [1.165, 1.54) is 13.2 Å². The molecule has 1 aromatic rings. The first-order valence-corrected chi connectivity index (χ1v) is 7.26. The summed E-state index contributed by atoms with van der Waals surface area (Å²) in [5.74, 6) is -0.422. The van der Waals surface area contributed by atoms with Crippen molar-refractivity contribution in [3.63, 3.8) is 0 Å². The van der Waals surface area contributed by atoms with E-state index in [1.807, 2.05) is 0 Å². The number of methoxy groups -OCH3 is 2. The average Bonchev–Trinajstić information content (AvgIpc) is 2.52. The van der Waals surface area contributed by atoms with Gasteiger partial charge in [0.1, 0.15) is 11.6 Å². The number of carbonyl (C=O) groups is 1. The predicted octanol–water partition coefficient (Wildman–Crippen LogP) is 2.52. The maximum Gasteiger partial charge on any atom is 0.170 e. The molecule has 0 bridgehead atoms. The lowest BCUT2D eigenvalue weighted by atomic mass is 10.0. The van der Waals surface area contributed by atoms with Gasteiger partial charge in [-0.25, -0.2) is 4.39 Å². The maximum atomic E-state index is 13.8. The molecule has 0 aromatic heterocycles. The van der Waals surface area contributed by atoms with Gasteiger partial charge < -0.3 is 14.4 Å². The molecule has 0 aliphatic carbocycles. The highest BCUT2D eigenvalue weighted by Crippen LogP contribution is 2.23. The van der Waals surface area contributed by atoms with Gasteiger partial charge in [0.25, 0.3) is 0 Å². The second-order valence-corrected chi connectivity index (χ2v) is 5.27. The third kappa shape index (κ3) is 4.02. The molecule has 2 rings (SSSR count). The van der Waals surface area contributed by atoms with Crippen LogP contribution in [0.2, 0.25) is 0 Å². The summed E-state index contributed by atoms with van der Waals surface area (Å²) in [4.78, 5) is 14.5. The van der Waals surface area contributed by atoms with Crippen LogP contribution < -0.4 is 4.74 Å². The zero-order valence-electron chi connectivity index (χ0n) is 12.6. The third-order valence-corrected chi connectivity index (χ3v) is 4.00. The molecule has 1 heterocycles. The minimum atomic E-state index is -0.516. The van der Waals surface area contributed by atoms with Crippen LogP contribution in [0.5, 0.6) is 5.75 Å². The Labute approximate surface area is 124 Å². The van der Waals surface area contributed by atoms with E-state index in [0.29, 0.717) is 24.8 Å². The van der Waals surface area contributed by atoms with Crippen LogP contribution in [0.1, 0.15) is 29.6 Å². The Morgan fingerprint density at radius 3 is 2.67 bits per heavy atom. The fourth-order valence-electron chi connectivity index (χ4n) is 2.70. The van der Waals surface area contributed by atoms with Crippen molar-refractivity contribution in [1.29, 1.82) is 0 Å². The minimum absolute atomic E-state index is 0.0618. The first kappa shape index (κ1) is 15.9. The lowest BCUT2D eigenvalue weighted by molar-refractivity contribution is 0.0406. The number of hydrogen-bond acceptors (Lipinski definition) is 4. The van der Waals surface area contributed by atoms with Gasteiger partial charge in [-0.3, -0.25) is 4.79 Å². The first-order valence-electron chi connectivity index (χ1n) is 7.26. The highest BCUT2D eigenvalue weighted by molar-refractivity contribution is 5.99. The zero-order chi connectivity index (χ0) is 15.2. The van der Waals surface area contributed by atoms with Gasteiger partial charge in [-0.05, 0) is 25.0 Å². The molecule has 0 spiro atoms. The summed E-state index contributed by atoms with van der Waals surface area (Å²) >= 11 is 0. The number of nitrogens with zero attached hydrogens (tertiary/aromatic N) is 1. The summed E-state index contributed by atoms with van der Waals surface area (Å²) in [5, 5.41) is 0. The minimum Gasteiger partial charge on any atom is -0.496 e. The van der Waals surface area contributed by atoms with E-state index in [0.717, 1.165) is 25.9 Å². The van der Waals surface area contributed by atoms with Crippen LogP contribution in [-0.4, -0.2) is 50.6 Å². The molecule has 1 saturated heterocycles. The van der Waals surface area contributed by atoms with Gasteiger partial charge in [-0.2, -0.15) is 0 Å². The summed E-state index contributed by atoms with van der Waals surface area (Å²) < 4.78 is 24.2. The molecule has 1 fully saturated rings.